The number of amidine groups is 1. The molecule has 0 aliphatic carbocycles. The third kappa shape index (κ3) is 4.67. The lowest BCUT2D eigenvalue weighted by atomic mass is 10.2. The van der Waals surface area contributed by atoms with Gasteiger partial charge in [-0.2, -0.15) is 0 Å². The summed E-state index contributed by atoms with van der Waals surface area (Å²) in [4.78, 5) is 0. The van der Waals surface area contributed by atoms with Crippen molar-refractivity contribution in [3.63, 3.8) is 0 Å². The lowest BCUT2D eigenvalue weighted by molar-refractivity contribution is 0.316. The van der Waals surface area contributed by atoms with E-state index in [2.05, 4.69) is 10.5 Å². The predicted octanol–water partition coefficient (Wildman–Crippen LogP) is 1.57. The van der Waals surface area contributed by atoms with Gasteiger partial charge in [0.25, 0.3) is 0 Å². The summed E-state index contributed by atoms with van der Waals surface area (Å²) in [7, 11) is 0. The Morgan fingerprint density at radius 1 is 1.53 bits per heavy atom. The molecule has 5 heteroatoms. The first kappa shape index (κ1) is 11.8. The molecule has 0 spiro atoms. The smallest absolute Gasteiger partial charge is 0.140 e. The molecule has 0 atom stereocenters. The molecule has 0 unspecified atom stereocenters. The number of nitrogens with zero attached hydrogens (tertiary/aromatic N) is 1. The third-order valence-electron chi connectivity index (χ3n) is 1.90. The van der Waals surface area contributed by atoms with Crippen LogP contribution < -0.4 is 11.1 Å². The molecule has 0 saturated heterocycles. The van der Waals surface area contributed by atoms with E-state index in [0.717, 1.165) is 17.1 Å². The summed E-state index contributed by atoms with van der Waals surface area (Å²) >= 11 is 5.83. The molecule has 0 radical (unpaired) electrons. The molecule has 0 aromatic heterocycles. The zero-order valence-electron chi connectivity index (χ0n) is 8.28. The molecule has 15 heavy (non-hydrogen) atoms. The van der Waals surface area contributed by atoms with E-state index in [1.54, 1.807) is 0 Å². The minimum Gasteiger partial charge on any atom is -0.409 e. The van der Waals surface area contributed by atoms with Gasteiger partial charge >= 0.3 is 0 Å². The van der Waals surface area contributed by atoms with Crippen LogP contribution >= 0.6 is 11.6 Å². The molecule has 0 fully saturated rings. The Kier molecular flexibility index (Phi) is 4.93. The summed E-state index contributed by atoms with van der Waals surface area (Å²) in [5.41, 5.74) is 6.43. The van der Waals surface area contributed by atoms with Crippen molar-refractivity contribution in [2.75, 3.05) is 6.54 Å². The third-order valence-corrected chi connectivity index (χ3v) is 2.14. The zero-order valence-corrected chi connectivity index (χ0v) is 9.04. The summed E-state index contributed by atoms with van der Waals surface area (Å²) in [5.74, 6) is 0.230. The van der Waals surface area contributed by atoms with Gasteiger partial charge in [0.05, 0.1) is 0 Å². The molecule has 4 nitrogen and oxygen atoms in total. The zero-order chi connectivity index (χ0) is 11.1. The van der Waals surface area contributed by atoms with Crippen LogP contribution in [-0.4, -0.2) is 17.6 Å². The first-order chi connectivity index (χ1) is 7.22. The summed E-state index contributed by atoms with van der Waals surface area (Å²) in [5, 5.41) is 15.1. The van der Waals surface area contributed by atoms with Crippen molar-refractivity contribution >= 4 is 17.4 Å². The SMILES string of the molecule is NC(CCNCc1cccc(Cl)c1)=NO. The lowest BCUT2D eigenvalue weighted by Gasteiger charge is -2.04. The topological polar surface area (TPSA) is 70.6 Å². The molecule has 4 N–H and O–H groups in total. The average molecular weight is 228 g/mol. The molecular weight excluding hydrogens is 214 g/mol. The van der Waals surface area contributed by atoms with E-state index in [9.17, 15) is 0 Å². The molecule has 1 aromatic carbocycles. The highest BCUT2D eigenvalue weighted by Gasteiger charge is 1.95. The number of hydrogen-bond acceptors (Lipinski definition) is 3. The Hall–Kier alpha value is -1.26. The average Bonchev–Trinajstić information content (AvgIpc) is 2.24. The first-order valence-electron chi connectivity index (χ1n) is 4.64. The maximum Gasteiger partial charge on any atom is 0.140 e. The Morgan fingerprint density at radius 3 is 3.00 bits per heavy atom. The molecule has 1 rings (SSSR count). The van der Waals surface area contributed by atoms with Gasteiger partial charge in [-0.1, -0.05) is 28.9 Å². The summed E-state index contributed by atoms with van der Waals surface area (Å²) < 4.78 is 0. The molecule has 1 aromatic rings. The first-order valence-corrected chi connectivity index (χ1v) is 5.01. The molecule has 82 valence electrons. The van der Waals surface area contributed by atoms with Crippen LogP contribution in [0, 0.1) is 0 Å². The minimum atomic E-state index is 0.230. The normalized spacial score (nSPS) is 11.7. The quantitative estimate of drug-likeness (QED) is 0.235. The standard InChI is InChI=1S/C10H14ClN3O/c11-9-3-1-2-8(6-9)7-13-5-4-10(12)14-15/h1-3,6,13,15H,4-5,7H2,(H2,12,14). The van der Waals surface area contributed by atoms with Crippen molar-refractivity contribution in [3.05, 3.63) is 34.9 Å². The van der Waals surface area contributed by atoms with Crippen molar-refractivity contribution in [2.45, 2.75) is 13.0 Å². The number of halogens is 1. The highest BCUT2D eigenvalue weighted by molar-refractivity contribution is 6.30. The lowest BCUT2D eigenvalue weighted by Crippen LogP contribution is -2.21. The second-order valence-electron chi connectivity index (χ2n) is 3.15. The fourth-order valence-corrected chi connectivity index (χ4v) is 1.36. The Labute approximate surface area is 93.7 Å². The van der Waals surface area contributed by atoms with E-state index >= 15 is 0 Å². The van der Waals surface area contributed by atoms with E-state index in [4.69, 9.17) is 22.5 Å². The number of nitrogens with two attached hydrogens (primary N) is 1. The van der Waals surface area contributed by atoms with Crippen LogP contribution in [-0.2, 0) is 6.54 Å². The van der Waals surface area contributed by atoms with Crippen molar-refractivity contribution < 1.29 is 5.21 Å². The van der Waals surface area contributed by atoms with Crippen LogP contribution in [0.5, 0.6) is 0 Å². The van der Waals surface area contributed by atoms with Gasteiger partial charge < -0.3 is 16.3 Å². The largest absolute Gasteiger partial charge is 0.409 e. The summed E-state index contributed by atoms with van der Waals surface area (Å²) in [6.07, 6.45) is 0.525. The minimum absolute atomic E-state index is 0.230. The predicted molar refractivity (Wildman–Crippen MR) is 61.2 cm³/mol. The van der Waals surface area contributed by atoms with Crippen molar-refractivity contribution in [1.82, 2.24) is 5.32 Å². The van der Waals surface area contributed by atoms with Gasteiger partial charge in [-0.05, 0) is 17.7 Å². The maximum atomic E-state index is 8.31. The van der Waals surface area contributed by atoms with Crippen LogP contribution in [0.3, 0.4) is 0 Å². The number of nitrogens with one attached hydrogen (secondary N) is 1. The molecule has 0 saturated carbocycles. The van der Waals surface area contributed by atoms with E-state index in [-0.39, 0.29) is 5.84 Å². The van der Waals surface area contributed by atoms with E-state index in [1.807, 2.05) is 24.3 Å². The highest BCUT2D eigenvalue weighted by Crippen LogP contribution is 2.09. The van der Waals surface area contributed by atoms with E-state index in [0.29, 0.717) is 13.0 Å². The number of oxime groups is 1. The maximum absolute atomic E-state index is 8.31. The Bertz CT molecular complexity index is 341. The van der Waals surface area contributed by atoms with Crippen LogP contribution in [0.4, 0.5) is 0 Å². The summed E-state index contributed by atoms with van der Waals surface area (Å²) in [6, 6.07) is 7.63. The molecule has 0 heterocycles. The van der Waals surface area contributed by atoms with Gasteiger partial charge in [0, 0.05) is 24.5 Å². The summed E-state index contributed by atoms with van der Waals surface area (Å²) in [6.45, 7) is 1.39. The monoisotopic (exact) mass is 227 g/mol. The van der Waals surface area contributed by atoms with Gasteiger partial charge in [0.15, 0.2) is 0 Å². The van der Waals surface area contributed by atoms with Crippen molar-refractivity contribution in [1.29, 1.82) is 0 Å². The number of rotatable bonds is 5. The van der Waals surface area contributed by atoms with Gasteiger partial charge in [-0.3, -0.25) is 0 Å². The molecule has 0 amide bonds. The number of benzene rings is 1. The van der Waals surface area contributed by atoms with Gasteiger partial charge in [-0.25, -0.2) is 0 Å². The molecule has 0 aliphatic heterocycles. The van der Waals surface area contributed by atoms with E-state index in [1.165, 1.54) is 0 Å². The van der Waals surface area contributed by atoms with Crippen LogP contribution in [0.15, 0.2) is 29.4 Å². The molecule has 0 bridgehead atoms. The van der Waals surface area contributed by atoms with E-state index < -0.39 is 0 Å². The Morgan fingerprint density at radius 2 is 2.33 bits per heavy atom. The highest BCUT2D eigenvalue weighted by atomic mass is 35.5. The molecule has 0 aliphatic rings. The van der Waals surface area contributed by atoms with Crippen LogP contribution in [0.1, 0.15) is 12.0 Å². The van der Waals surface area contributed by atoms with Gasteiger partial charge in [0.2, 0.25) is 0 Å². The van der Waals surface area contributed by atoms with Gasteiger partial charge in [-0.15, -0.1) is 0 Å². The second kappa shape index (κ2) is 6.27. The van der Waals surface area contributed by atoms with Crippen LogP contribution in [0.2, 0.25) is 5.02 Å². The van der Waals surface area contributed by atoms with Crippen LogP contribution in [0.25, 0.3) is 0 Å². The second-order valence-corrected chi connectivity index (χ2v) is 3.58. The fourth-order valence-electron chi connectivity index (χ4n) is 1.15. The Balaban J connectivity index is 2.26. The van der Waals surface area contributed by atoms with Gasteiger partial charge in [0.1, 0.15) is 5.84 Å². The van der Waals surface area contributed by atoms with Crippen molar-refractivity contribution in [3.8, 4) is 0 Å². The number of hydrogen-bond donors (Lipinski definition) is 3. The molecular formula is C10H14ClN3O. The van der Waals surface area contributed by atoms with Crippen molar-refractivity contribution in [2.24, 2.45) is 10.9 Å². The fraction of sp³-hybridized carbons (Fsp3) is 0.300.